The minimum Gasteiger partial charge on any atom is -0.293 e. The van der Waals surface area contributed by atoms with E-state index in [2.05, 4.69) is 38.3 Å². The first-order valence-electron chi connectivity index (χ1n) is 7.22. The highest BCUT2D eigenvalue weighted by Gasteiger charge is 2.34. The van der Waals surface area contributed by atoms with E-state index in [1.807, 2.05) is 13.8 Å². The molecule has 5 nitrogen and oxygen atoms in total. The molecule has 0 unspecified atom stereocenters. The normalized spacial score (nSPS) is 16.6. The molecule has 134 valence electrons. The summed E-state index contributed by atoms with van der Waals surface area (Å²) >= 11 is 14.5. The van der Waals surface area contributed by atoms with Crippen molar-refractivity contribution in [2.24, 2.45) is 5.41 Å². The van der Waals surface area contributed by atoms with Crippen LogP contribution in [-0.2, 0) is 16.4 Å². The summed E-state index contributed by atoms with van der Waals surface area (Å²) < 4.78 is 28.3. The predicted molar refractivity (Wildman–Crippen MR) is 106 cm³/mol. The molecule has 3 rings (SSSR count). The lowest BCUT2D eigenvalue weighted by molar-refractivity contribution is 0.0916. The van der Waals surface area contributed by atoms with Crippen LogP contribution in [0.3, 0.4) is 0 Å². The van der Waals surface area contributed by atoms with Gasteiger partial charge in [-0.15, -0.1) is 12.6 Å². The number of nitrogens with one attached hydrogen (secondary N) is 1. The second-order valence-electron chi connectivity index (χ2n) is 6.58. The van der Waals surface area contributed by atoms with Gasteiger partial charge in [-0.2, -0.15) is 0 Å². The van der Waals surface area contributed by atoms with Gasteiger partial charge in [0.15, 0.2) is 10.9 Å². The van der Waals surface area contributed by atoms with Crippen LogP contribution >= 0.6 is 51.5 Å². The van der Waals surface area contributed by atoms with Gasteiger partial charge < -0.3 is 0 Å². The zero-order valence-electron chi connectivity index (χ0n) is 13.3. The summed E-state index contributed by atoms with van der Waals surface area (Å²) in [6.07, 6.45) is 1.06. The fourth-order valence-corrected chi connectivity index (χ4v) is 6.48. The summed E-state index contributed by atoms with van der Waals surface area (Å²) in [6.45, 7) is 3.99. The maximum absolute atomic E-state index is 12.7. The van der Waals surface area contributed by atoms with Crippen LogP contribution in [0.25, 0.3) is 0 Å². The van der Waals surface area contributed by atoms with Crippen LogP contribution in [0.2, 0.25) is 5.02 Å². The molecule has 2 aromatic rings. The number of aromatic nitrogens is 1. The highest BCUT2D eigenvalue weighted by molar-refractivity contribution is 9.10. The second kappa shape index (κ2) is 6.53. The third kappa shape index (κ3) is 3.90. The molecule has 1 aromatic carbocycles. The highest BCUT2D eigenvalue weighted by Crippen LogP contribution is 2.39. The van der Waals surface area contributed by atoms with Crippen LogP contribution in [0.5, 0.6) is 0 Å². The second-order valence-corrected chi connectivity index (χ2v) is 11.0. The summed E-state index contributed by atoms with van der Waals surface area (Å²) in [4.78, 5) is 17.3. The molecule has 25 heavy (non-hydrogen) atoms. The Hall–Kier alpha value is -0.610. The molecule has 0 amide bonds. The Balaban J connectivity index is 1.97. The average molecular weight is 482 g/mol. The molecule has 0 saturated heterocycles. The number of rotatable bonds is 3. The minimum atomic E-state index is -3.94. The maximum atomic E-state index is 12.7. The largest absolute Gasteiger partial charge is 0.293 e. The van der Waals surface area contributed by atoms with Crippen LogP contribution in [-0.4, -0.2) is 19.2 Å². The number of thiol groups is 1. The predicted octanol–water partition coefficient (Wildman–Crippen LogP) is 4.80. The number of benzene rings is 1. The fraction of sp³-hybridized carbons (Fsp3) is 0.333. The van der Waals surface area contributed by atoms with Crippen LogP contribution in [0, 0.1) is 5.41 Å². The van der Waals surface area contributed by atoms with Gasteiger partial charge >= 0.3 is 0 Å². The molecule has 1 aliphatic rings. The van der Waals surface area contributed by atoms with Crippen molar-refractivity contribution in [3.63, 3.8) is 0 Å². The number of ketones is 1. The van der Waals surface area contributed by atoms with Crippen molar-refractivity contribution in [2.45, 2.75) is 36.5 Å². The van der Waals surface area contributed by atoms with Gasteiger partial charge in [0, 0.05) is 20.8 Å². The lowest BCUT2D eigenvalue weighted by atomic mass is 9.78. The molecule has 1 aliphatic carbocycles. The van der Waals surface area contributed by atoms with Crippen molar-refractivity contribution < 1.29 is 13.2 Å². The van der Waals surface area contributed by atoms with Gasteiger partial charge in [0.2, 0.25) is 0 Å². The maximum Gasteiger partial charge on any atom is 0.264 e. The lowest BCUT2D eigenvalue weighted by Gasteiger charge is -2.26. The first-order valence-corrected chi connectivity index (χ1v) is 11.1. The molecule has 0 spiro atoms. The molecule has 0 saturated carbocycles. The first kappa shape index (κ1) is 19.2. The number of carbonyl (C=O) groups is 1. The Kier molecular flexibility index (Phi) is 5.00. The number of nitrogens with zero attached hydrogens (tertiary/aromatic N) is 1. The quantitative estimate of drug-likeness (QED) is 0.617. The van der Waals surface area contributed by atoms with Crippen molar-refractivity contribution in [3.05, 3.63) is 32.2 Å². The highest BCUT2D eigenvalue weighted by atomic mass is 79.9. The van der Waals surface area contributed by atoms with E-state index >= 15 is 0 Å². The fourth-order valence-electron chi connectivity index (χ4n) is 2.68. The molecular formula is C15H14BrClN2O3S3. The molecule has 0 atom stereocenters. The number of thiazole rings is 1. The topological polar surface area (TPSA) is 76.1 Å². The molecular weight excluding hydrogens is 468 g/mol. The van der Waals surface area contributed by atoms with Gasteiger partial charge in [0.1, 0.15) is 4.90 Å². The van der Waals surface area contributed by atoms with Crippen molar-refractivity contribution >= 4 is 72.4 Å². The van der Waals surface area contributed by atoms with Gasteiger partial charge in [-0.25, -0.2) is 13.4 Å². The summed E-state index contributed by atoms with van der Waals surface area (Å²) in [5, 5.41) is 0.431. The summed E-state index contributed by atoms with van der Waals surface area (Å²) in [7, 11) is -3.94. The molecule has 1 N–H and O–H groups in total. The van der Waals surface area contributed by atoms with E-state index in [1.54, 1.807) is 6.07 Å². The number of Topliss-reactive ketones (excluding diaryl/α,β-unsaturated/α-hetero) is 1. The number of hydrogen-bond acceptors (Lipinski definition) is 6. The van der Waals surface area contributed by atoms with Crippen molar-refractivity contribution in [1.29, 1.82) is 0 Å². The third-order valence-corrected chi connectivity index (χ3v) is 8.07. The van der Waals surface area contributed by atoms with E-state index < -0.39 is 10.0 Å². The molecule has 0 bridgehead atoms. The standard InChI is InChI=1S/C15H14BrClN2O3S3/c1-15(2)5-9-13(10(20)6-15)24-14(18-9)19-25(21,22)11-4-7(17)3-8(16)12(11)23/h3-4,23H,5-6H2,1-2H3,(H,18,19). The van der Waals surface area contributed by atoms with E-state index in [0.29, 0.717) is 27.9 Å². The molecule has 0 aliphatic heterocycles. The van der Waals surface area contributed by atoms with E-state index in [0.717, 1.165) is 11.3 Å². The number of carbonyl (C=O) groups excluding carboxylic acids is 1. The Morgan fingerprint density at radius 3 is 2.72 bits per heavy atom. The Morgan fingerprint density at radius 2 is 2.04 bits per heavy atom. The van der Waals surface area contributed by atoms with Crippen LogP contribution < -0.4 is 4.72 Å². The first-order chi connectivity index (χ1) is 11.5. The van der Waals surface area contributed by atoms with E-state index in [4.69, 9.17) is 11.6 Å². The smallest absolute Gasteiger partial charge is 0.264 e. The molecule has 0 radical (unpaired) electrons. The molecule has 10 heteroatoms. The molecule has 1 heterocycles. The van der Waals surface area contributed by atoms with Gasteiger partial charge in [0.05, 0.1) is 10.6 Å². The number of fused-ring (bicyclic) bond motifs is 1. The number of sulfonamides is 1. The van der Waals surface area contributed by atoms with Crippen molar-refractivity contribution in [2.75, 3.05) is 4.72 Å². The zero-order valence-corrected chi connectivity index (χ0v) is 18.1. The van der Waals surface area contributed by atoms with Crippen LogP contribution in [0.1, 0.15) is 35.6 Å². The Bertz CT molecular complexity index is 986. The number of hydrogen-bond donors (Lipinski definition) is 2. The van der Waals surface area contributed by atoms with Crippen molar-refractivity contribution in [1.82, 2.24) is 4.98 Å². The van der Waals surface area contributed by atoms with Crippen LogP contribution in [0.4, 0.5) is 5.13 Å². The van der Waals surface area contributed by atoms with E-state index in [1.165, 1.54) is 6.07 Å². The van der Waals surface area contributed by atoms with Gasteiger partial charge in [-0.3, -0.25) is 9.52 Å². The van der Waals surface area contributed by atoms with Gasteiger partial charge in [0.25, 0.3) is 10.0 Å². The zero-order chi connectivity index (χ0) is 18.6. The minimum absolute atomic E-state index is 0.00502. The SMILES string of the molecule is CC1(C)CC(=O)c2sc(NS(=O)(=O)c3cc(Cl)cc(Br)c3S)nc2C1. The number of halogens is 2. The van der Waals surface area contributed by atoms with E-state index in [-0.39, 0.29) is 31.1 Å². The summed E-state index contributed by atoms with van der Waals surface area (Å²) in [5.74, 6) is -0.00502. The van der Waals surface area contributed by atoms with Crippen LogP contribution in [0.15, 0.2) is 26.4 Å². The lowest BCUT2D eigenvalue weighted by Crippen LogP contribution is -2.26. The summed E-state index contributed by atoms with van der Waals surface area (Å²) in [6, 6.07) is 2.88. The number of anilines is 1. The average Bonchev–Trinajstić information content (AvgIpc) is 2.83. The monoisotopic (exact) mass is 480 g/mol. The Morgan fingerprint density at radius 1 is 1.36 bits per heavy atom. The third-order valence-electron chi connectivity index (χ3n) is 3.74. The van der Waals surface area contributed by atoms with Gasteiger partial charge in [-0.1, -0.05) is 36.8 Å². The Labute approximate surface area is 168 Å². The van der Waals surface area contributed by atoms with Crippen molar-refractivity contribution in [3.8, 4) is 0 Å². The molecule has 0 fully saturated rings. The summed E-state index contributed by atoms with van der Waals surface area (Å²) in [5.41, 5.74) is 0.465. The van der Waals surface area contributed by atoms with Gasteiger partial charge in [-0.05, 0) is 39.9 Å². The molecule has 1 aromatic heterocycles. The van der Waals surface area contributed by atoms with E-state index in [9.17, 15) is 13.2 Å².